The van der Waals surface area contributed by atoms with Gasteiger partial charge in [0.15, 0.2) is 0 Å². The standard InChI is InChI=1S/C30H33N5O3.CH2O2.H3N/c1-4-5-15-27(36)35(28(21(2)3)30(37)38-20-22-11-7-6-8-12-22)24-18-16-23(17-19-24)25-13-9-10-14-26(25)29-31-33-34-32-29;2-1-3;/h6-14,16-19,21,28H,4-5,15,20H2,1-3H3,(H,31,32,33,34);1H,(H,2,3);1H3. The minimum Gasteiger partial charge on any atom is -0.483 e. The van der Waals surface area contributed by atoms with Crippen LogP contribution in [0.4, 0.5) is 5.69 Å². The van der Waals surface area contributed by atoms with E-state index in [0.29, 0.717) is 17.9 Å². The number of benzene rings is 3. The van der Waals surface area contributed by atoms with Crippen molar-refractivity contribution in [1.82, 2.24) is 26.8 Å². The molecule has 0 fully saturated rings. The lowest BCUT2D eigenvalue weighted by atomic mass is 9.97. The molecule has 0 saturated carbocycles. The Hall–Kier alpha value is -4.90. The van der Waals surface area contributed by atoms with Gasteiger partial charge in [-0.05, 0) is 46.4 Å². The van der Waals surface area contributed by atoms with Gasteiger partial charge >= 0.3 is 5.97 Å². The molecular formula is C31H38N6O5. The van der Waals surface area contributed by atoms with Crippen molar-refractivity contribution >= 4 is 24.0 Å². The van der Waals surface area contributed by atoms with Crippen molar-refractivity contribution in [3.8, 4) is 22.5 Å². The molecule has 3 aromatic carbocycles. The highest BCUT2D eigenvalue weighted by Crippen LogP contribution is 2.32. The molecule has 0 aliphatic carbocycles. The summed E-state index contributed by atoms with van der Waals surface area (Å²) in [6.07, 6.45) is 1.99. The zero-order valence-electron chi connectivity index (χ0n) is 24.1. The molecule has 1 heterocycles. The Labute approximate surface area is 245 Å². The minimum atomic E-state index is -0.750. The van der Waals surface area contributed by atoms with Gasteiger partial charge in [-0.1, -0.05) is 93.9 Å². The van der Waals surface area contributed by atoms with Gasteiger partial charge < -0.3 is 16.0 Å². The third kappa shape index (κ3) is 8.80. The summed E-state index contributed by atoms with van der Waals surface area (Å²) in [5.41, 5.74) is 4.27. The highest BCUT2D eigenvalue weighted by atomic mass is 16.5. The highest BCUT2D eigenvalue weighted by Gasteiger charge is 2.34. The molecule has 42 heavy (non-hydrogen) atoms. The third-order valence-electron chi connectivity index (χ3n) is 6.36. The van der Waals surface area contributed by atoms with Crippen LogP contribution in [0, 0.1) is 5.92 Å². The molecule has 1 unspecified atom stereocenters. The molecule has 4 rings (SSSR count). The lowest BCUT2D eigenvalue weighted by Gasteiger charge is -2.33. The summed E-state index contributed by atoms with van der Waals surface area (Å²) in [7, 11) is 0. The monoisotopic (exact) mass is 574 g/mol. The number of aromatic amines is 1. The van der Waals surface area contributed by atoms with Crippen LogP contribution in [0.2, 0.25) is 0 Å². The number of hydrogen-bond acceptors (Lipinski definition) is 8. The summed E-state index contributed by atoms with van der Waals surface area (Å²) in [4.78, 5) is 36.8. The van der Waals surface area contributed by atoms with Gasteiger partial charge in [0.05, 0.1) is 0 Å². The first-order valence-corrected chi connectivity index (χ1v) is 13.4. The SMILES string of the molecule is CCCCC(=O)N(c1ccc(-c2ccccc2-c2nn[nH]n2)cc1)C(C(=O)OCc1ccccc1)C(C)C.N.O=CO. The number of tetrazole rings is 1. The summed E-state index contributed by atoms with van der Waals surface area (Å²) < 4.78 is 5.70. The van der Waals surface area contributed by atoms with Crippen molar-refractivity contribution in [3.05, 3.63) is 84.4 Å². The number of nitrogens with one attached hydrogen (secondary N) is 1. The lowest BCUT2D eigenvalue weighted by molar-refractivity contribution is -0.149. The van der Waals surface area contributed by atoms with Gasteiger partial charge in [0.25, 0.3) is 6.47 Å². The fourth-order valence-corrected chi connectivity index (χ4v) is 4.41. The maximum Gasteiger partial charge on any atom is 0.329 e. The van der Waals surface area contributed by atoms with Gasteiger partial charge in [-0.25, -0.2) is 4.79 Å². The predicted molar refractivity (Wildman–Crippen MR) is 161 cm³/mol. The van der Waals surface area contributed by atoms with E-state index in [4.69, 9.17) is 14.6 Å². The van der Waals surface area contributed by atoms with Crippen molar-refractivity contribution in [2.75, 3.05) is 4.90 Å². The van der Waals surface area contributed by atoms with Crippen LogP contribution in [0.25, 0.3) is 22.5 Å². The molecule has 0 bridgehead atoms. The smallest absolute Gasteiger partial charge is 0.329 e. The number of amides is 1. The average molecular weight is 575 g/mol. The van der Waals surface area contributed by atoms with Crippen LogP contribution in [0.3, 0.4) is 0 Å². The number of hydrogen-bond donors (Lipinski definition) is 3. The molecule has 222 valence electrons. The summed E-state index contributed by atoms with van der Waals surface area (Å²) in [5, 5.41) is 21.3. The van der Waals surface area contributed by atoms with E-state index < -0.39 is 12.0 Å². The van der Waals surface area contributed by atoms with E-state index in [2.05, 4.69) is 20.6 Å². The highest BCUT2D eigenvalue weighted by molar-refractivity contribution is 6.00. The molecule has 4 aromatic rings. The van der Waals surface area contributed by atoms with Crippen molar-refractivity contribution in [2.45, 2.75) is 52.7 Å². The Kier molecular flexibility index (Phi) is 13.5. The number of unbranched alkanes of at least 4 members (excludes halogenated alkanes) is 1. The number of esters is 1. The molecule has 0 aliphatic heterocycles. The minimum absolute atomic E-state index is 0. The topological polar surface area (TPSA) is 173 Å². The fraction of sp³-hybridized carbons (Fsp3) is 0.290. The van der Waals surface area contributed by atoms with Crippen molar-refractivity contribution in [2.24, 2.45) is 5.92 Å². The number of carbonyl (C=O) groups is 3. The van der Waals surface area contributed by atoms with Crippen LogP contribution in [-0.4, -0.2) is 50.1 Å². The number of nitrogens with zero attached hydrogens (tertiary/aromatic N) is 4. The van der Waals surface area contributed by atoms with Crippen LogP contribution in [0.1, 0.15) is 45.6 Å². The predicted octanol–water partition coefficient (Wildman–Crippen LogP) is 5.69. The van der Waals surface area contributed by atoms with Crippen LogP contribution in [0.15, 0.2) is 78.9 Å². The molecule has 0 spiro atoms. The van der Waals surface area contributed by atoms with Crippen LogP contribution >= 0.6 is 0 Å². The number of aromatic nitrogens is 4. The molecule has 11 heteroatoms. The van der Waals surface area contributed by atoms with Crippen molar-refractivity contribution in [3.63, 3.8) is 0 Å². The maximum atomic E-state index is 13.5. The van der Waals surface area contributed by atoms with E-state index in [0.717, 1.165) is 35.1 Å². The van der Waals surface area contributed by atoms with Crippen LogP contribution < -0.4 is 11.1 Å². The first kappa shape index (κ1) is 33.3. The molecule has 0 aliphatic rings. The van der Waals surface area contributed by atoms with Gasteiger partial charge in [0.1, 0.15) is 12.6 Å². The molecule has 1 atom stereocenters. The second-order valence-corrected chi connectivity index (χ2v) is 9.58. The zero-order valence-corrected chi connectivity index (χ0v) is 24.1. The van der Waals surface area contributed by atoms with E-state index in [1.165, 1.54) is 0 Å². The second kappa shape index (κ2) is 17.0. The first-order chi connectivity index (χ1) is 19.9. The number of ether oxygens (including phenoxy) is 1. The summed E-state index contributed by atoms with van der Waals surface area (Å²) in [6.45, 7) is 5.82. The van der Waals surface area contributed by atoms with E-state index in [1.54, 1.807) is 4.90 Å². The lowest BCUT2D eigenvalue weighted by Crippen LogP contribution is -2.49. The normalized spacial score (nSPS) is 11.0. The summed E-state index contributed by atoms with van der Waals surface area (Å²) >= 11 is 0. The average Bonchev–Trinajstić information content (AvgIpc) is 3.53. The molecular weight excluding hydrogens is 536 g/mol. The third-order valence-corrected chi connectivity index (χ3v) is 6.36. The van der Waals surface area contributed by atoms with Gasteiger partial charge in [0.2, 0.25) is 11.7 Å². The van der Waals surface area contributed by atoms with Gasteiger partial charge in [-0.15, -0.1) is 10.2 Å². The number of rotatable bonds is 11. The maximum absolute atomic E-state index is 13.5. The first-order valence-electron chi connectivity index (χ1n) is 13.4. The van der Waals surface area contributed by atoms with Crippen LogP contribution in [0.5, 0.6) is 0 Å². The quantitative estimate of drug-likeness (QED) is 0.150. The van der Waals surface area contributed by atoms with E-state index >= 15 is 0 Å². The van der Waals surface area contributed by atoms with Crippen molar-refractivity contribution < 1.29 is 24.2 Å². The van der Waals surface area contributed by atoms with Gasteiger partial charge in [0, 0.05) is 17.7 Å². The Morgan fingerprint density at radius 1 is 0.976 bits per heavy atom. The molecule has 0 saturated heterocycles. The van der Waals surface area contributed by atoms with E-state index in [-0.39, 0.29) is 31.1 Å². The van der Waals surface area contributed by atoms with Crippen LogP contribution in [-0.2, 0) is 25.7 Å². The Morgan fingerprint density at radius 2 is 1.60 bits per heavy atom. The molecule has 1 amide bonds. The number of H-pyrrole nitrogens is 1. The molecule has 5 N–H and O–H groups in total. The number of carbonyl (C=O) groups excluding carboxylic acids is 2. The largest absolute Gasteiger partial charge is 0.483 e. The number of carboxylic acid groups (broad SMARTS) is 1. The van der Waals surface area contributed by atoms with Gasteiger partial charge in [-0.3, -0.25) is 14.5 Å². The fourth-order valence-electron chi connectivity index (χ4n) is 4.41. The second-order valence-electron chi connectivity index (χ2n) is 9.58. The summed E-state index contributed by atoms with van der Waals surface area (Å²) in [5.74, 6) is -0.160. The molecule has 11 nitrogen and oxygen atoms in total. The van der Waals surface area contributed by atoms with E-state index in [9.17, 15) is 9.59 Å². The Morgan fingerprint density at radius 3 is 2.17 bits per heavy atom. The zero-order chi connectivity index (χ0) is 29.6. The van der Waals surface area contributed by atoms with Crippen molar-refractivity contribution in [1.29, 1.82) is 0 Å². The Bertz CT molecular complexity index is 1380. The van der Waals surface area contributed by atoms with Gasteiger partial charge in [-0.2, -0.15) is 5.21 Å². The molecule has 0 radical (unpaired) electrons. The Balaban J connectivity index is 0.00000148. The summed E-state index contributed by atoms with van der Waals surface area (Å²) in [6, 6.07) is 24.2. The van der Waals surface area contributed by atoms with E-state index in [1.807, 2.05) is 99.6 Å². The number of anilines is 1. The molecule has 1 aromatic heterocycles.